The average Bonchev–Trinajstić information content (AvgIpc) is 2.65. The minimum atomic E-state index is -0.682. The molecule has 128 valence electrons. The number of amides is 1. The molecular formula is C19H16FNO4. The van der Waals surface area contributed by atoms with E-state index in [9.17, 15) is 9.18 Å². The van der Waals surface area contributed by atoms with E-state index in [1.807, 2.05) is 6.07 Å². The van der Waals surface area contributed by atoms with Crippen molar-refractivity contribution in [2.24, 2.45) is 0 Å². The number of hydrogen-bond acceptors (Lipinski definition) is 4. The molecule has 1 atom stereocenters. The van der Waals surface area contributed by atoms with Crippen LogP contribution in [-0.4, -0.2) is 23.8 Å². The number of carbonyl (C=O) groups excluding carboxylic acids is 1. The Morgan fingerprint density at radius 3 is 2.88 bits per heavy atom. The molecule has 2 N–H and O–H groups in total. The van der Waals surface area contributed by atoms with Gasteiger partial charge in [0.25, 0.3) is 5.91 Å². The number of halogens is 1. The molecule has 25 heavy (non-hydrogen) atoms. The first kappa shape index (κ1) is 16.8. The molecule has 0 aromatic heterocycles. The van der Waals surface area contributed by atoms with Crippen LogP contribution in [0.2, 0.25) is 0 Å². The normalized spacial score (nSPS) is 15.2. The van der Waals surface area contributed by atoms with Crippen LogP contribution in [0.15, 0.2) is 42.5 Å². The second kappa shape index (κ2) is 7.69. The van der Waals surface area contributed by atoms with E-state index in [0.717, 1.165) is 11.1 Å². The first-order valence-corrected chi connectivity index (χ1v) is 7.76. The van der Waals surface area contributed by atoms with Gasteiger partial charge in [-0.2, -0.15) is 0 Å². The zero-order valence-electron chi connectivity index (χ0n) is 13.3. The largest absolute Gasteiger partial charge is 0.481 e. The van der Waals surface area contributed by atoms with Crippen LogP contribution in [0.5, 0.6) is 11.5 Å². The molecular weight excluding hydrogens is 325 g/mol. The summed E-state index contributed by atoms with van der Waals surface area (Å²) >= 11 is 0. The summed E-state index contributed by atoms with van der Waals surface area (Å²) < 4.78 is 23.8. The molecule has 1 amide bonds. The van der Waals surface area contributed by atoms with Crippen LogP contribution in [0.3, 0.4) is 0 Å². The summed E-state index contributed by atoms with van der Waals surface area (Å²) in [4.78, 5) is 11.4. The van der Waals surface area contributed by atoms with Gasteiger partial charge in [0.05, 0.1) is 0 Å². The Hall–Kier alpha value is -3.04. The second-order valence-corrected chi connectivity index (χ2v) is 5.49. The number of hydroxylamine groups is 1. The molecule has 5 nitrogen and oxygen atoms in total. The molecule has 3 rings (SSSR count). The zero-order valence-corrected chi connectivity index (χ0v) is 13.3. The van der Waals surface area contributed by atoms with Crippen molar-refractivity contribution < 1.29 is 23.9 Å². The smallest absolute Gasteiger partial charge is 0.284 e. The number of carbonyl (C=O) groups is 1. The number of benzene rings is 2. The Bertz CT molecular complexity index is 824. The van der Waals surface area contributed by atoms with E-state index in [1.54, 1.807) is 29.7 Å². The number of nitrogens with one attached hydrogen (secondary N) is 1. The molecule has 0 bridgehead atoms. The van der Waals surface area contributed by atoms with Crippen LogP contribution in [-0.2, 0) is 11.2 Å². The van der Waals surface area contributed by atoms with Crippen LogP contribution >= 0.6 is 0 Å². The maximum Gasteiger partial charge on any atom is 0.284 e. The molecule has 2 aromatic carbocycles. The van der Waals surface area contributed by atoms with Crippen LogP contribution in [0.1, 0.15) is 17.5 Å². The summed E-state index contributed by atoms with van der Waals surface area (Å²) in [7, 11) is 0. The topological polar surface area (TPSA) is 67.8 Å². The van der Waals surface area contributed by atoms with Gasteiger partial charge in [-0.3, -0.25) is 10.0 Å². The van der Waals surface area contributed by atoms with Gasteiger partial charge in [0, 0.05) is 5.56 Å². The molecule has 1 unspecified atom stereocenters. The van der Waals surface area contributed by atoms with Crippen molar-refractivity contribution in [3.8, 4) is 23.3 Å². The van der Waals surface area contributed by atoms with Gasteiger partial charge in [-0.25, -0.2) is 9.87 Å². The summed E-state index contributed by atoms with van der Waals surface area (Å²) in [5, 5.41) is 8.67. The molecule has 2 aromatic rings. The lowest BCUT2D eigenvalue weighted by Gasteiger charge is -2.24. The minimum Gasteiger partial charge on any atom is -0.481 e. The lowest BCUT2D eigenvalue weighted by Crippen LogP contribution is -2.38. The highest BCUT2D eigenvalue weighted by Gasteiger charge is 2.25. The highest BCUT2D eigenvalue weighted by molar-refractivity contribution is 5.80. The van der Waals surface area contributed by atoms with Crippen molar-refractivity contribution in [2.75, 3.05) is 6.61 Å². The highest BCUT2D eigenvalue weighted by atomic mass is 19.1. The Balaban J connectivity index is 1.60. The van der Waals surface area contributed by atoms with Crippen molar-refractivity contribution in [3.63, 3.8) is 0 Å². The number of aryl methyl sites for hydroxylation is 1. The predicted molar refractivity (Wildman–Crippen MR) is 87.9 cm³/mol. The van der Waals surface area contributed by atoms with Crippen molar-refractivity contribution >= 4 is 5.91 Å². The molecule has 1 heterocycles. The van der Waals surface area contributed by atoms with E-state index in [1.165, 1.54) is 12.1 Å². The maximum absolute atomic E-state index is 12.8. The van der Waals surface area contributed by atoms with Gasteiger partial charge < -0.3 is 9.47 Å². The standard InChI is InChI=1S/C19H16FNO4/c20-15-5-7-16(8-6-15)24-11-1-2-13-3-9-17-14(12-13)4-10-18(25-17)19(22)21-23/h3,5-9,12,18,23H,4,10-11H2,(H,21,22). The van der Waals surface area contributed by atoms with E-state index in [-0.39, 0.29) is 12.4 Å². The third-order valence-corrected chi connectivity index (χ3v) is 3.77. The van der Waals surface area contributed by atoms with Crippen LogP contribution < -0.4 is 15.0 Å². The summed E-state index contributed by atoms with van der Waals surface area (Å²) in [5.41, 5.74) is 3.39. The number of rotatable bonds is 3. The van der Waals surface area contributed by atoms with Gasteiger partial charge in [-0.1, -0.05) is 11.8 Å². The van der Waals surface area contributed by atoms with Gasteiger partial charge in [-0.15, -0.1) is 0 Å². The summed E-state index contributed by atoms with van der Waals surface area (Å²) in [6.45, 7) is 0.192. The van der Waals surface area contributed by atoms with Crippen molar-refractivity contribution in [2.45, 2.75) is 18.9 Å². The third-order valence-electron chi connectivity index (χ3n) is 3.77. The maximum atomic E-state index is 12.8. The predicted octanol–water partition coefficient (Wildman–Crippen LogP) is 2.46. The van der Waals surface area contributed by atoms with E-state index in [4.69, 9.17) is 14.7 Å². The molecule has 0 spiro atoms. The van der Waals surface area contributed by atoms with E-state index in [2.05, 4.69) is 11.8 Å². The molecule has 0 radical (unpaired) electrons. The lowest BCUT2D eigenvalue weighted by atomic mass is 10.00. The molecule has 0 fully saturated rings. The number of hydrogen-bond donors (Lipinski definition) is 2. The summed E-state index contributed by atoms with van der Waals surface area (Å²) in [5.74, 6) is 6.22. The van der Waals surface area contributed by atoms with Gasteiger partial charge in [0.15, 0.2) is 6.10 Å². The van der Waals surface area contributed by atoms with Crippen LogP contribution in [0.4, 0.5) is 4.39 Å². The first-order chi connectivity index (χ1) is 12.2. The Morgan fingerprint density at radius 2 is 2.12 bits per heavy atom. The Labute approximate surface area is 144 Å². The van der Waals surface area contributed by atoms with Gasteiger partial charge in [-0.05, 0) is 60.9 Å². The van der Waals surface area contributed by atoms with Crippen molar-refractivity contribution in [3.05, 3.63) is 59.4 Å². The van der Waals surface area contributed by atoms with Gasteiger partial charge >= 0.3 is 0 Å². The monoisotopic (exact) mass is 341 g/mol. The fourth-order valence-electron chi connectivity index (χ4n) is 2.51. The fraction of sp³-hybridized carbons (Fsp3) is 0.211. The number of ether oxygens (including phenoxy) is 2. The Kier molecular flexibility index (Phi) is 5.17. The third kappa shape index (κ3) is 4.28. The first-order valence-electron chi connectivity index (χ1n) is 7.76. The quantitative estimate of drug-likeness (QED) is 0.511. The van der Waals surface area contributed by atoms with Gasteiger partial charge in [0.1, 0.15) is 23.9 Å². The minimum absolute atomic E-state index is 0.192. The van der Waals surface area contributed by atoms with E-state index >= 15 is 0 Å². The average molecular weight is 341 g/mol. The lowest BCUT2D eigenvalue weighted by molar-refractivity contribution is -0.137. The molecule has 0 aliphatic carbocycles. The SMILES string of the molecule is O=C(NO)C1CCc2cc(C#CCOc3ccc(F)cc3)ccc2O1. The number of fused-ring (bicyclic) bond motifs is 1. The van der Waals surface area contributed by atoms with E-state index in [0.29, 0.717) is 24.3 Å². The summed E-state index contributed by atoms with van der Waals surface area (Å²) in [6.07, 6.45) is 0.470. The second-order valence-electron chi connectivity index (χ2n) is 5.49. The van der Waals surface area contributed by atoms with Crippen LogP contribution in [0, 0.1) is 17.7 Å². The van der Waals surface area contributed by atoms with Crippen LogP contribution in [0.25, 0.3) is 0 Å². The highest BCUT2D eigenvalue weighted by Crippen LogP contribution is 2.28. The molecule has 0 saturated carbocycles. The molecule has 0 saturated heterocycles. The Morgan fingerprint density at radius 1 is 1.32 bits per heavy atom. The zero-order chi connectivity index (χ0) is 17.6. The summed E-state index contributed by atoms with van der Waals surface area (Å²) in [6, 6.07) is 11.2. The molecule has 1 aliphatic heterocycles. The molecule has 6 heteroatoms. The molecule has 1 aliphatic rings. The van der Waals surface area contributed by atoms with Crippen molar-refractivity contribution in [1.29, 1.82) is 0 Å². The van der Waals surface area contributed by atoms with E-state index < -0.39 is 12.0 Å². The van der Waals surface area contributed by atoms with Gasteiger partial charge in [0.2, 0.25) is 0 Å². The fourth-order valence-corrected chi connectivity index (χ4v) is 2.51. The van der Waals surface area contributed by atoms with Crippen molar-refractivity contribution in [1.82, 2.24) is 5.48 Å².